The van der Waals surface area contributed by atoms with E-state index in [1.807, 2.05) is 31.4 Å². The van der Waals surface area contributed by atoms with Crippen LogP contribution in [0.1, 0.15) is 15.4 Å². The van der Waals surface area contributed by atoms with Gasteiger partial charge in [0.1, 0.15) is 5.75 Å². The minimum atomic E-state index is 0.341. The summed E-state index contributed by atoms with van der Waals surface area (Å²) < 4.78 is 0. The molecule has 0 amide bonds. The summed E-state index contributed by atoms with van der Waals surface area (Å²) in [5.74, 6) is 0.341. The molecule has 0 spiro atoms. The van der Waals surface area contributed by atoms with Gasteiger partial charge in [0.25, 0.3) is 0 Å². The maximum atomic E-state index is 9.65. The number of nitrogens with zero attached hydrogens (tertiary/aromatic N) is 1. The highest BCUT2D eigenvalue weighted by atomic mass is 32.1. The fraction of sp³-hybridized carbons (Fsp3) is 0.250. The highest BCUT2D eigenvalue weighted by Crippen LogP contribution is 2.22. The molecule has 0 fully saturated rings. The monoisotopic (exact) mass is 234 g/mol. The largest absolute Gasteiger partial charge is 0.508 e. The van der Waals surface area contributed by atoms with Gasteiger partial charge in [0.2, 0.25) is 0 Å². The Morgan fingerprint density at radius 1 is 1.38 bits per heavy atom. The molecule has 0 aliphatic carbocycles. The predicted octanol–water partition coefficient (Wildman–Crippen LogP) is 2.16. The van der Waals surface area contributed by atoms with Crippen LogP contribution in [-0.2, 0) is 13.0 Å². The Labute approximate surface area is 98.8 Å². The van der Waals surface area contributed by atoms with Crippen molar-refractivity contribution in [1.29, 1.82) is 0 Å². The van der Waals surface area contributed by atoms with Crippen molar-refractivity contribution in [2.45, 2.75) is 13.0 Å². The highest BCUT2D eigenvalue weighted by Gasteiger charge is 2.05. The van der Waals surface area contributed by atoms with Crippen LogP contribution in [0, 0.1) is 0 Å². The molecule has 2 aromatic rings. The highest BCUT2D eigenvalue weighted by molar-refractivity contribution is 7.11. The van der Waals surface area contributed by atoms with Gasteiger partial charge in [0.15, 0.2) is 0 Å². The molecule has 2 N–H and O–H groups in total. The maximum Gasteiger partial charge on any atom is 0.119 e. The van der Waals surface area contributed by atoms with Crippen LogP contribution in [0.2, 0.25) is 0 Å². The van der Waals surface area contributed by atoms with Gasteiger partial charge in [-0.3, -0.25) is 0 Å². The van der Waals surface area contributed by atoms with Gasteiger partial charge in [-0.2, -0.15) is 0 Å². The van der Waals surface area contributed by atoms with Crippen molar-refractivity contribution < 1.29 is 5.11 Å². The fourth-order valence-electron chi connectivity index (χ4n) is 1.51. The van der Waals surface area contributed by atoms with Crippen molar-refractivity contribution in [3.8, 4) is 5.75 Å². The van der Waals surface area contributed by atoms with Crippen LogP contribution in [0.4, 0.5) is 0 Å². The molecule has 0 aliphatic heterocycles. The van der Waals surface area contributed by atoms with Crippen LogP contribution in [0.5, 0.6) is 5.75 Å². The summed E-state index contributed by atoms with van der Waals surface area (Å²) in [4.78, 5) is 5.55. The third-order valence-corrected chi connectivity index (χ3v) is 3.28. The molecule has 0 atom stereocenters. The lowest BCUT2D eigenvalue weighted by Crippen LogP contribution is -2.02. The van der Waals surface area contributed by atoms with Gasteiger partial charge in [0.05, 0.1) is 5.01 Å². The zero-order valence-corrected chi connectivity index (χ0v) is 9.92. The van der Waals surface area contributed by atoms with E-state index in [2.05, 4.69) is 10.3 Å². The second-order valence-corrected chi connectivity index (χ2v) is 4.76. The van der Waals surface area contributed by atoms with Crippen LogP contribution in [-0.4, -0.2) is 17.1 Å². The molecular formula is C12H14N2OS. The first-order valence-electron chi connectivity index (χ1n) is 5.14. The molecule has 0 radical (unpaired) electrons. The zero-order valence-electron chi connectivity index (χ0n) is 9.10. The quantitative estimate of drug-likeness (QED) is 0.852. The molecule has 0 saturated carbocycles. The summed E-state index contributed by atoms with van der Waals surface area (Å²) in [6.07, 6.45) is 2.58. The lowest BCUT2D eigenvalue weighted by atomic mass is 10.1. The third-order valence-electron chi connectivity index (χ3n) is 2.29. The van der Waals surface area contributed by atoms with Gasteiger partial charge in [-0.15, -0.1) is 11.3 Å². The van der Waals surface area contributed by atoms with Crippen molar-refractivity contribution in [1.82, 2.24) is 10.3 Å². The molecule has 3 nitrogen and oxygen atoms in total. The normalized spacial score (nSPS) is 10.6. The summed E-state index contributed by atoms with van der Waals surface area (Å²) in [5.41, 5.74) is 0.924. The van der Waals surface area contributed by atoms with E-state index in [0.717, 1.165) is 17.1 Å². The summed E-state index contributed by atoms with van der Waals surface area (Å²) in [7, 11) is 1.92. The second-order valence-electron chi connectivity index (χ2n) is 3.56. The Bertz CT molecular complexity index is 468. The Morgan fingerprint density at radius 3 is 2.94 bits per heavy atom. The number of phenols is 1. The lowest BCUT2D eigenvalue weighted by Gasteiger charge is -2.00. The predicted molar refractivity (Wildman–Crippen MR) is 65.8 cm³/mol. The fourth-order valence-corrected chi connectivity index (χ4v) is 2.47. The summed E-state index contributed by atoms with van der Waals surface area (Å²) >= 11 is 1.68. The first kappa shape index (κ1) is 11.1. The van der Waals surface area contributed by atoms with Crippen molar-refractivity contribution in [2.24, 2.45) is 0 Å². The number of phenolic OH excluding ortho intramolecular Hbond substituents is 1. The molecule has 1 aromatic carbocycles. The first-order valence-corrected chi connectivity index (χ1v) is 5.96. The number of hydrogen-bond acceptors (Lipinski definition) is 4. The molecule has 4 heteroatoms. The Morgan fingerprint density at radius 2 is 2.19 bits per heavy atom. The van der Waals surface area contributed by atoms with E-state index in [0.29, 0.717) is 12.2 Å². The standard InChI is InChI=1S/C12H14N2OS/c1-13-7-10-8-14-12(16-10)6-9-4-2-3-5-11(9)15/h2-5,8,13,15H,6-7H2,1H3. The zero-order chi connectivity index (χ0) is 11.4. The molecule has 1 heterocycles. The summed E-state index contributed by atoms with van der Waals surface area (Å²) in [6.45, 7) is 0.846. The van der Waals surface area contributed by atoms with Crippen LogP contribution < -0.4 is 5.32 Å². The molecule has 0 bridgehead atoms. The van der Waals surface area contributed by atoms with Gasteiger partial charge in [0, 0.05) is 29.6 Å². The smallest absolute Gasteiger partial charge is 0.119 e. The SMILES string of the molecule is CNCc1cnc(Cc2ccccc2O)s1. The Hall–Kier alpha value is -1.39. The van der Waals surface area contributed by atoms with Gasteiger partial charge in [-0.05, 0) is 13.1 Å². The van der Waals surface area contributed by atoms with Crippen molar-refractivity contribution in [3.05, 3.63) is 45.9 Å². The summed E-state index contributed by atoms with van der Waals surface area (Å²) in [5, 5.41) is 13.8. The van der Waals surface area contributed by atoms with Crippen LogP contribution in [0.15, 0.2) is 30.5 Å². The van der Waals surface area contributed by atoms with Crippen molar-refractivity contribution in [2.75, 3.05) is 7.05 Å². The van der Waals surface area contributed by atoms with E-state index in [9.17, 15) is 5.11 Å². The third kappa shape index (κ3) is 2.59. The van der Waals surface area contributed by atoms with Crippen molar-refractivity contribution in [3.63, 3.8) is 0 Å². The number of rotatable bonds is 4. The Kier molecular flexibility index (Phi) is 3.54. The number of nitrogens with one attached hydrogen (secondary N) is 1. The molecule has 0 aliphatic rings. The molecule has 0 unspecified atom stereocenters. The number of hydrogen-bond donors (Lipinski definition) is 2. The molecule has 2 rings (SSSR count). The van der Waals surface area contributed by atoms with E-state index in [1.165, 1.54) is 4.88 Å². The van der Waals surface area contributed by atoms with Crippen LogP contribution in [0.3, 0.4) is 0 Å². The molecular weight excluding hydrogens is 220 g/mol. The van der Waals surface area contributed by atoms with E-state index < -0.39 is 0 Å². The van der Waals surface area contributed by atoms with Gasteiger partial charge < -0.3 is 10.4 Å². The van der Waals surface area contributed by atoms with Gasteiger partial charge in [-0.25, -0.2) is 4.98 Å². The number of aromatic hydroxyl groups is 1. The summed E-state index contributed by atoms with van der Waals surface area (Å²) in [6, 6.07) is 7.39. The van der Waals surface area contributed by atoms with Crippen molar-refractivity contribution >= 4 is 11.3 Å². The topological polar surface area (TPSA) is 45.2 Å². The van der Waals surface area contributed by atoms with E-state index in [-0.39, 0.29) is 0 Å². The minimum Gasteiger partial charge on any atom is -0.508 e. The van der Waals surface area contributed by atoms with E-state index in [4.69, 9.17) is 0 Å². The average Bonchev–Trinajstić information content (AvgIpc) is 2.70. The average molecular weight is 234 g/mol. The Balaban J connectivity index is 2.11. The van der Waals surface area contributed by atoms with Gasteiger partial charge >= 0.3 is 0 Å². The number of thiazole rings is 1. The van der Waals surface area contributed by atoms with Gasteiger partial charge in [-0.1, -0.05) is 18.2 Å². The number of benzene rings is 1. The number of aromatic nitrogens is 1. The molecule has 84 valence electrons. The molecule has 16 heavy (non-hydrogen) atoms. The first-order chi connectivity index (χ1) is 7.79. The van der Waals surface area contributed by atoms with Crippen LogP contribution in [0.25, 0.3) is 0 Å². The minimum absolute atomic E-state index is 0.341. The van der Waals surface area contributed by atoms with Crippen LogP contribution >= 0.6 is 11.3 Å². The van der Waals surface area contributed by atoms with E-state index >= 15 is 0 Å². The lowest BCUT2D eigenvalue weighted by molar-refractivity contribution is 0.469. The van der Waals surface area contributed by atoms with E-state index in [1.54, 1.807) is 17.4 Å². The maximum absolute atomic E-state index is 9.65. The number of para-hydroxylation sites is 1. The molecule has 1 aromatic heterocycles. The second kappa shape index (κ2) is 5.09. The molecule has 0 saturated heterocycles.